The van der Waals surface area contributed by atoms with Crippen molar-refractivity contribution in [2.24, 2.45) is 7.05 Å². The van der Waals surface area contributed by atoms with Gasteiger partial charge >= 0.3 is 0 Å². The Hall–Kier alpha value is -1.21. The van der Waals surface area contributed by atoms with Gasteiger partial charge in [-0.3, -0.25) is 4.68 Å². The smallest absolute Gasteiger partial charge is 0.131 e. The number of aryl methyl sites for hydroxylation is 2. The largest absolute Gasteiger partial charge is 0.353 e. The fraction of sp³-hybridized carbons (Fsp3) is 0.667. The molecule has 0 N–H and O–H groups in total. The van der Waals surface area contributed by atoms with Crippen molar-refractivity contribution in [3.8, 4) is 6.07 Å². The lowest BCUT2D eigenvalue weighted by Gasteiger charge is -2.24. The lowest BCUT2D eigenvalue weighted by atomic mass is 10.2. The lowest BCUT2D eigenvalue weighted by molar-refractivity contribution is 0.692. The normalized spacial score (nSPS) is 14.7. The molecule has 1 aliphatic carbocycles. The zero-order valence-electron chi connectivity index (χ0n) is 10.3. The maximum absolute atomic E-state index is 8.74. The molecule has 0 bridgehead atoms. The highest BCUT2D eigenvalue weighted by Gasteiger charge is 2.32. The van der Waals surface area contributed by atoms with Gasteiger partial charge in [-0.1, -0.05) is 0 Å². The van der Waals surface area contributed by atoms with Crippen LogP contribution in [-0.2, 0) is 12.9 Å². The Morgan fingerprint density at radius 2 is 2.29 bits per heavy atom. The molecule has 5 heteroatoms. The van der Waals surface area contributed by atoms with E-state index < -0.39 is 0 Å². The van der Waals surface area contributed by atoms with Gasteiger partial charge in [0.05, 0.1) is 24.1 Å². The van der Waals surface area contributed by atoms with Gasteiger partial charge < -0.3 is 4.90 Å². The van der Waals surface area contributed by atoms with Gasteiger partial charge in [-0.15, -0.1) is 11.6 Å². The van der Waals surface area contributed by atoms with Gasteiger partial charge in [0.1, 0.15) is 5.82 Å². The molecule has 1 fully saturated rings. The summed E-state index contributed by atoms with van der Waals surface area (Å²) in [5, 5.41) is 13.2. The van der Waals surface area contributed by atoms with Gasteiger partial charge in [-0.25, -0.2) is 0 Å². The van der Waals surface area contributed by atoms with Gasteiger partial charge in [0.2, 0.25) is 0 Å². The van der Waals surface area contributed by atoms with Gasteiger partial charge in [-0.2, -0.15) is 10.4 Å². The summed E-state index contributed by atoms with van der Waals surface area (Å²) in [6.45, 7) is 2.75. The summed E-state index contributed by atoms with van der Waals surface area (Å²) in [5.41, 5.74) is 2.08. The zero-order chi connectivity index (χ0) is 12.4. The summed E-state index contributed by atoms with van der Waals surface area (Å²) >= 11 is 6.01. The Morgan fingerprint density at radius 1 is 1.59 bits per heavy atom. The Balaban J connectivity index is 2.31. The van der Waals surface area contributed by atoms with E-state index >= 15 is 0 Å². The van der Waals surface area contributed by atoms with E-state index in [4.69, 9.17) is 16.9 Å². The van der Waals surface area contributed by atoms with Crippen molar-refractivity contribution in [3.05, 3.63) is 11.3 Å². The minimum atomic E-state index is 0.477. The van der Waals surface area contributed by atoms with Crippen LogP contribution in [0.3, 0.4) is 0 Å². The van der Waals surface area contributed by atoms with Crippen molar-refractivity contribution in [1.29, 1.82) is 5.26 Å². The molecule has 1 heterocycles. The molecule has 17 heavy (non-hydrogen) atoms. The molecule has 0 unspecified atom stereocenters. The van der Waals surface area contributed by atoms with Gasteiger partial charge in [-0.05, 0) is 19.8 Å². The first-order valence-corrected chi connectivity index (χ1v) is 6.44. The van der Waals surface area contributed by atoms with Crippen LogP contribution in [0, 0.1) is 18.3 Å². The van der Waals surface area contributed by atoms with E-state index in [9.17, 15) is 0 Å². The molecule has 4 nitrogen and oxygen atoms in total. The predicted octanol–water partition coefficient (Wildman–Crippen LogP) is 2.35. The molecule has 0 aromatic carbocycles. The number of hydrogen-bond donors (Lipinski definition) is 0. The van der Waals surface area contributed by atoms with E-state index in [1.54, 1.807) is 0 Å². The number of aromatic nitrogens is 2. The van der Waals surface area contributed by atoms with Crippen molar-refractivity contribution >= 4 is 17.4 Å². The molecule has 0 saturated heterocycles. The number of nitrogens with zero attached hydrogens (tertiary/aromatic N) is 4. The maximum atomic E-state index is 8.74. The number of halogens is 1. The van der Waals surface area contributed by atoms with E-state index in [1.165, 1.54) is 12.8 Å². The first-order valence-electron chi connectivity index (χ1n) is 5.91. The fourth-order valence-corrected chi connectivity index (χ4v) is 2.54. The molecule has 0 spiro atoms. The molecule has 0 atom stereocenters. The zero-order valence-corrected chi connectivity index (χ0v) is 11.0. The van der Waals surface area contributed by atoms with Crippen LogP contribution < -0.4 is 4.90 Å². The van der Waals surface area contributed by atoms with E-state index in [2.05, 4.69) is 16.1 Å². The average molecular weight is 253 g/mol. The number of alkyl halides is 1. The number of nitriles is 1. The fourth-order valence-electron chi connectivity index (χ4n) is 2.22. The molecule has 0 aliphatic heterocycles. The monoisotopic (exact) mass is 252 g/mol. The second-order valence-corrected chi connectivity index (χ2v) is 4.74. The van der Waals surface area contributed by atoms with Crippen LogP contribution in [0.1, 0.15) is 30.5 Å². The topological polar surface area (TPSA) is 44.9 Å². The molecular formula is C12H17ClN4. The third-order valence-electron chi connectivity index (χ3n) is 3.17. The Morgan fingerprint density at radius 3 is 2.82 bits per heavy atom. The lowest BCUT2D eigenvalue weighted by Crippen LogP contribution is -2.29. The van der Waals surface area contributed by atoms with Crippen LogP contribution in [0.4, 0.5) is 5.82 Å². The standard InChI is InChI=1S/C12H17ClN4/c1-9-11(8-13)12(16(2)15-9)17(7-3-6-14)10-4-5-10/h10H,3-5,7-8H2,1-2H3. The molecule has 0 radical (unpaired) electrons. The first kappa shape index (κ1) is 12.3. The molecule has 1 saturated carbocycles. The Labute approximate surface area is 107 Å². The highest BCUT2D eigenvalue weighted by atomic mass is 35.5. The molecular weight excluding hydrogens is 236 g/mol. The van der Waals surface area contributed by atoms with Crippen LogP contribution in [0.15, 0.2) is 0 Å². The maximum Gasteiger partial charge on any atom is 0.131 e. The van der Waals surface area contributed by atoms with Gasteiger partial charge in [0, 0.05) is 25.2 Å². The minimum absolute atomic E-state index is 0.477. The van der Waals surface area contributed by atoms with Crippen molar-refractivity contribution in [2.75, 3.05) is 11.4 Å². The highest BCUT2D eigenvalue weighted by Crippen LogP contribution is 2.35. The molecule has 1 aliphatic rings. The molecule has 0 amide bonds. The van der Waals surface area contributed by atoms with Crippen LogP contribution in [0.25, 0.3) is 0 Å². The average Bonchev–Trinajstić information content (AvgIpc) is 3.07. The Bertz CT molecular complexity index is 442. The van der Waals surface area contributed by atoms with Crippen LogP contribution in [0.2, 0.25) is 0 Å². The molecule has 1 aromatic rings. The summed E-state index contributed by atoms with van der Waals surface area (Å²) < 4.78 is 1.89. The second-order valence-electron chi connectivity index (χ2n) is 4.48. The van der Waals surface area contributed by atoms with Gasteiger partial charge in [0.15, 0.2) is 0 Å². The van der Waals surface area contributed by atoms with E-state index in [0.717, 1.165) is 23.6 Å². The molecule has 92 valence electrons. The molecule has 2 rings (SSSR count). The first-order chi connectivity index (χ1) is 8.19. The van der Waals surface area contributed by atoms with Crippen molar-refractivity contribution in [3.63, 3.8) is 0 Å². The van der Waals surface area contributed by atoms with Crippen molar-refractivity contribution in [1.82, 2.24) is 9.78 Å². The second kappa shape index (κ2) is 4.97. The molecule has 1 aromatic heterocycles. The van der Waals surface area contributed by atoms with E-state index in [-0.39, 0.29) is 0 Å². The SMILES string of the molecule is Cc1nn(C)c(N(CCC#N)C2CC2)c1CCl. The summed E-state index contributed by atoms with van der Waals surface area (Å²) in [5.74, 6) is 1.57. The number of hydrogen-bond acceptors (Lipinski definition) is 3. The third kappa shape index (κ3) is 2.39. The van der Waals surface area contributed by atoms with Crippen LogP contribution in [0.5, 0.6) is 0 Å². The Kier molecular flexibility index (Phi) is 3.58. The quantitative estimate of drug-likeness (QED) is 0.756. The minimum Gasteiger partial charge on any atom is -0.353 e. The van der Waals surface area contributed by atoms with Crippen LogP contribution in [-0.4, -0.2) is 22.4 Å². The highest BCUT2D eigenvalue weighted by molar-refractivity contribution is 6.17. The summed E-state index contributed by atoms with van der Waals surface area (Å²) in [4.78, 5) is 2.29. The third-order valence-corrected chi connectivity index (χ3v) is 3.44. The van der Waals surface area contributed by atoms with Crippen molar-refractivity contribution < 1.29 is 0 Å². The summed E-state index contributed by atoms with van der Waals surface area (Å²) in [7, 11) is 1.94. The summed E-state index contributed by atoms with van der Waals surface area (Å²) in [6, 6.07) is 2.78. The van der Waals surface area contributed by atoms with Crippen molar-refractivity contribution in [2.45, 2.75) is 38.1 Å². The van der Waals surface area contributed by atoms with E-state index in [0.29, 0.717) is 18.3 Å². The number of anilines is 1. The summed E-state index contributed by atoms with van der Waals surface area (Å²) in [6.07, 6.45) is 2.96. The van der Waals surface area contributed by atoms with Gasteiger partial charge in [0.25, 0.3) is 0 Å². The number of rotatable bonds is 5. The van der Waals surface area contributed by atoms with Crippen LogP contribution >= 0.6 is 11.6 Å². The predicted molar refractivity (Wildman–Crippen MR) is 68.1 cm³/mol. The van der Waals surface area contributed by atoms with E-state index in [1.807, 2.05) is 18.7 Å².